The molecule has 0 unspecified atom stereocenters. The van der Waals surface area contributed by atoms with Crippen molar-refractivity contribution in [2.75, 3.05) is 11.9 Å². The van der Waals surface area contributed by atoms with E-state index in [-0.39, 0.29) is 12.4 Å². The number of halogens is 3. The van der Waals surface area contributed by atoms with Crippen molar-refractivity contribution in [2.45, 2.75) is 23.7 Å². The molecule has 0 saturated heterocycles. The second kappa shape index (κ2) is 7.92. The summed E-state index contributed by atoms with van der Waals surface area (Å²) in [6.45, 7) is 0.920. The fourth-order valence-corrected chi connectivity index (χ4v) is 3.42. The summed E-state index contributed by atoms with van der Waals surface area (Å²) < 4.78 is 72.9. The van der Waals surface area contributed by atoms with Gasteiger partial charge in [-0.25, -0.2) is 23.5 Å². The highest BCUT2D eigenvalue weighted by molar-refractivity contribution is 7.89. The van der Waals surface area contributed by atoms with Crippen LogP contribution in [0.3, 0.4) is 0 Å². The molecule has 27 heavy (non-hydrogen) atoms. The molecule has 0 aliphatic heterocycles. The summed E-state index contributed by atoms with van der Waals surface area (Å²) in [7, 11) is -4.73. The van der Waals surface area contributed by atoms with Gasteiger partial charge in [0.05, 0.1) is 17.7 Å². The third kappa shape index (κ3) is 4.55. The Morgan fingerprint density at radius 3 is 2.26 bits per heavy atom. The maximum Gasteiger partial charge on any atom is 0.459 e. The van der Waals surface area contributed by atoms with Gasteiger partial charge in [0.25, 0.3) is 5.82 Å². The average molecular weight is 404 g/mol. The summed E-state index contributed by atoms with van der Waals surface area (Å²) in [5.74, 6) is -2.09. The van der Waals surface area contributed by atoms with Crippen LogP contribution >= 0.6 is 0 Å². The van der Waals surface area contributed by atoms with Crippen molar-refractivity contribution < 1.29 is 36.1 Å². The Morgan fingerprint density at radius 1 is 1.11 bits per heavy atom. The van der Waals surface area contributed by atoms with Gasteiger partial charge >= 0.3 is 17.8 Å². The molecule has 0 saturated carbocycles. The number of carbonyl (C=O) groups is 1. The van der Waals surface area contributed by atoms with Crippen molar-refractivity contribution in [3.8, 4) is 0 Å². The number of pyridine rings is 1. The summed E-state index contributed by atoms with van der Waals surface area (Å²) >= 11 is 0. The largest absolute Gasteiger partial charge is 0.461 e. The van der Waals surface area contributed by atoms with Gasteiger partial charge in [-0.15, -0.1) is 4.72 Å². The number of esters is 1. The zero-order valence-electron chi connectivity index (χ0n) is 14.1. The molecule has 1 heterocycles. The van der Waals surface area contributed by atoms with Crippen LogP contribution in [0.4, 0.5) is 19.0 Å². The molecule has 7 nitrogen and oxygen atoms in total. The number of nitrogens with one attached hydrogen (secondary N) is 3. The molecule has 1 aromatic heterocycles. The molecule has 11 heteroatoms. The van der Waals surface area contributed by atoms with Crippen molar-refractivity contribution in [1.82, 2.24) is 4.72 Å². The van der Waals surface area contributed by atoms with Crippen molar-refractivity contribution in [2.24, 2.45) is 0 Å². The monoisotopic (exact) mass is 404 g/mol. The van der Waals surface area contributed by atoms with Gasteiger partial charge in [0, 0.05) is 6.07 Å². The van der Waals surface area contributed by atoms with Crippen molar-refractivity contribution in [3.63, 3.8) is 0 Å². The van der Waals surface area contributed by atoms with E-state index in [2.05, 4.69) is 9.72 Å². The second-order valence-corrected chi connectivity index (χ2v) is 6.97. The average Bonchev–Trinajstić information content (AvgIpc) is 2.62. The number of rotatable bonds is 7. The van der Waals surface area contributed by atoms with Crippen LogP contribution in [-0.4, -0.2) is 32.8 Å². The number of aromatic amines is 1. The van der Waals surface area contributed by atoms with E-state index < -0.39 is 32.7 Å². The molecular formula is C16H17F3N3O4S+. The summed E-state index contributed by atoms with van der Waals surface area (Å²) in [6, 6.07) is 10.5. The Labute approximate surface area is 153 Å². The van der Waals surface area contributed by atoms with Gasteiger partial charge in [-0.1, -0.05) is 24.3 Å². The fraction of sp³-hybridized carbons (Fsp3) is 0.250. The number of alkyl halides is 3. The summed E-state index contributed by atoms with van der Waals surface area (Å²) in [6.07, 6.45) is -4.06. The van der Waals surface area contributed by atoms with E-state index in [0.29, 0.717) is 0 Å². The maximum absolute atomic E-state index is 14.0. The van der Waals surface area contributed by atoms with E-state index in [1.807, 2.05) is 5.32 Å². The predicted molar refractivity (Wildman–Crippen MR) is 88.8 cm³/mol. The van der Waals surface area contributed by atoms with Crippen LogP contribution in [0.15, 0.2) is 59.6 Å². The molecule has 2 aromatic rings. The first-order chi connectivity index (χ1) is 12.6. The number of H-pyrrole nitrogens is 1. The number of aromatic nitrogens is 1. The number of anilines is 1. The number of carbonyl (C=O) groups excluding carboxylic acids is 1. The first-order valence-electron chi connectivity index (χ1n) is 7.70. The number of ether oxygens (including phenoxy) is 1. The van der Waals surface area contributed by atoms with Crippen LogP contribution in [0.2, 0.25) is 0 Å². The Hall–Kier alpha value is -2.66. The van der Waals surface area contributed by atoms with Gasteiger partial charge in [-0.3, -0.25) is 0 Å². The minimum absolute atomic E-state index is 0.251. The molecule has 2 rings (SSSR count). The van der Waals surface area contributed by atoms with Crippen LogP contribution in [0.1, 0.15) is 6.92 Å². The highest BCUT2D eigenvalue weighted by atomic mass is 32.2. The highest BCUT2D eigenvalue weighted by Crippen LogP contribution is 2.33. The van der Waals surface area contributed by atoms with Gasteiger partial charge in [0.15, 0.2) is 0 Å². The SMILES string of the molecule is CCOC(=O)[C@](Nc1cccc[nH+]1)(NS(=O)(=O)c1ccccc1)C(F)(F)F. The highest BCUT2D eigenvalue weighted by Gasteiger charge is 2.68. The molecule has 3 N–H and O–H groups in total. The van der Waals surface area contributed by atoms with Crippen molar-refractivity contribution in [3.05, 3.63) is 54.7 Å². The zero-order chi connectivity index (χ0) is 20.1. The lowest BCUT2D eigenvalue weighted by Crippen LogP contribution is -2.69. The first-order valence-corrected chi connectivity index (χ1v) is 9.18. The van der Waals surface area contributed by atoms with Gasteiger partial charge in [-0.05, 0) is 25.1 Å². The summed E-state index contributed by atoms with van der Waals surface area (Å²) in [5, 5.41) is 1.90. The quantitative estimate of drug-likeness (QED) is 0.541. The summed E-state index contributed by atoms with van der Waals surface area (Å²) in [5.41, 5.74) is -3.74. The van der Waals surface area contributed by atoms with Gasteiger partial charge in [0.2, 0.25) is 10.0 Å². The lowest BCUT2D eigenvalue weighted by molar-refractivity contribution is -0.363. The Morgan fingerprint density at radius 2 is 1.74 bits per heavy atom. The van der Waals surface area contributed by atoms with E-state index in [4.69, 9.17) is 0 Å². The van der Waals surface area contributed by atoms with E-state index in [1.165, 1.54) is 54.2 Å². The number of hydrogen-bond donors (Lipinski definition) is 2. The Bertz CT molecular complexity index is 877. The summed E-state index contributed by atoms with van der Waals surface area (Å²) in [4.78, 5) is 14.3. The number of sulfonamides is 1. The van der Waals surface area contributed by atoms with Crippen LogP contribution in [0.5, 0.6) is 0 Å². The normalized spacial score (nSPS) is 14.2. The Balaban J connectivity index is 2.58. The molecule has 0 amide bonds. The van der Waals surface area contributed by atoms with Crippen LogP contribution in [-0.2, 0) is 19.6 Å². The van der Waals surface area contributed by atoms with Crippen molar-refractivity contribution in [1.29, 1.82) is 0 Å². The fourth-order valence-electron chi connectivity index (χ4n) is 2.14. The minimum Gasteiger partial charge on any atom is -0.461 e. The molecule has 0 aliphatic carbocycles. The smallest absolute Gasteiger partial charge is 0.459 e. The second-order valence-electron chi connectivity index (χ2n) is 5.29. The first kappa shape index (κ1) is 20.6. The Kier molecular flexibility index (Phi) is 6.06. The number of benzene rings is 1. The van der Waals surface area contributed by atoms with E-state index in [9.17, 15) is 26.4 Å². The predicted octanol–water partition coefficient (Wildman–Crippen LogP) is 1.71. The third-order valence-electron chi connectivity index (χ3n) is 3.38. The van der Waals surface area contributed by atoms with Crippen LogP contribution < -0.4 is 15.0 Å². The molecule has 146 valence electrons. The van der Waals surface area contributed by atoms with Gasteiger partial charge in [-0.2, -0.15) is 13.2 Å². The zero-order valence-corrected chi connectivity index (χ0v) is 14.9. The molecule has 0 aliphatic rings. The molecule has 0 radical (unpaired) electrons. The molecule has 1 aromatic carbocycles. The minimum atomic E-state index is -5.37. The molecule has 0 bridgehead atoms. The lowest BCUT2D eigenvalue weighted by Gasteiger charge is -2.30. The van der Waals surface area contributed by atoms with E-state index in [0.717, 1.165) is 12.1 Å². The molecule has 0 fully saturated rings. The standard InChI is InChI=1S/C16H16F3N3O4S/c1-2-26-14(23)15(16(17,18)19,21-13-10-6-7-11-20-13)22-27(24,25)12-8-4-3-5-9-12/h3-11,22H,2H2,1H3,(H,20,21)/p+1/t15-/m0/s1. The van der Waals surface area contributed by atoms with Gasteiger partial charge < -0.3 is 4.74 Å². The maximum atomic E-state index is 14.0. The lowest BCUT2D eigenvalue weighted by atomic mass is 10.1. The van der Waals surface area contributed by atoms with E-state index in [1.54, 1.807) is 0 Å². The number of hydrogen-bond acceptors (Lipinski definition) is 5. The molecule has 1 atom stereocenters. The van der Waals surface area contributed by atoms with Gasteiger partial charge in [0.1, 0.15) is 0 Å². The van der Waals surface area contributed by atoms with Crippen LogP contribution in [0.25, 0.3) is 0 Å². The topological polar surface area (TPSA) is 98.6 Å². The third-order valence-corrected chi connectivity index (χ3v) is 4.85. The van der Waals surface area contributed by atoms with E-state index >= 15 is 0 Å². The van der Waals surface area contributed by atoms with Crippen LogP contribution in [0, 0.1) is 0 Å². The molecular weight excluding hydrogens is 387 g/mol. The van der Waals surface area contributed by atoms with Crippen molar-refractivity contribution >= 4 is 21.8 Å². The molecule has 0 spiro atoms.